The molecule has 0 amide bonds. The van der Waals surface area contributed by atoms with Crippen molar-refractivity contribution in [1.29, 1.82) is 5.26 Å². The van der Waals surface area contributed by atoms with Crippen LogP contribution in [0.15, 0.2) is 54.6 Å². The van der Waals surface area contributed by atoms with Gasteiger partial charge in [0, 0.05) is 18.7 Å². The Balaban J connectivity index is 2.15. The van der Waals surface area contributed by atoms with Crippen LogP contribution in [0.2, 0.25) is 0 Å². The van der Waals surface area contributed by atoms with E-state index in [2.05, 4.69) is 10.2 Å². The molecule has 22 heavy (non-hydrogen) atoms. The summed E-state index contributed by atoms with van der Waals surface area (Å²) in [6, 6.07) is 18.5. The Morgan fingerprint density at radius 2 is 1.82 bits per heavy atom. The number of nitrogens with one attached hydrogen (secondary N) is 2. The highest BCUT2D eigenvalue weighted by atomic mass is 31.2. The first-order valence-corrected chi connectivity index (χ1v) is 8.55. The summed E-state index contributed by atoms with van der Waals surface area (Å²) in [5.41, 5.74) is 1.80. The molecule has 2 rings (SSSR count). The minimum Gasteiger partial charge on any atom is -0.418 e. The molecule has 0 heterocycles. The fourth-order valence-corrected chi connectivity index (χ4v) is 3.28. The molecular formula is C16H18N3O2P. The molecule has 2 N–H and O–H groups in total. The number of benzene rings is 2. The van der Waals surface area contributed by atoms with Crippen molar-refractivity contribution >= 4 is 13.4 Å². The largest absolute Gasteiger partial charge is 0.418 e. The summed E-state index contributed by atoms with van der Waals surface area (Å²) in [7, 11) is -3.36. The fourth-order valence-electron chi connectivity index (χ4n) is 1.78. The van der Waals surface area contributed by atoms with E-state index in [4.69, 9.17) is 9.79 Å². The summed E-state index contributed by atoms with van der Waals surface area (Å²) >= 11 is 0. The van der Waals surface area contributed by atoms with Crippen molar-refractivity contribution < 1.29 is 9.09 Å². The van der Waals surface area contributed by atoms with E-state index in [9.17, 15) is 4.57 Å². The molecule has 0 saturated carbocycles. The Morgan fingerprint density at radius 1 is 1.14 bits per heavy atom. The standard InChI is InChI=1S/C16H18N3O2P/c1-14-8-10-15(11-9-14)19-22(20,18-13-5-12-17)21-16-6-3-2-4-7-16/h2-4,6-11H,5,13H2,1H3,(H2,18,19,20). The Kier molecular flexibility index (Phi) is 5.60. The zero-order valence-corrected chi connectivity index (χ0v) is 13.2. The lowest BCUT2D eigenvalue weighted by molar-refractivity contribution is 0.473. The Bertz CT molecular complexity index is 681. The Morgan fingerprint density at radius 3 is 2.45 bits per heavy atom. The van der Waals surface area contributed by atoms with Crippen LogP contribution in [-0.2, 0) is 4.57 Å². The van der Waals surface area contributed by atoms with Gasteiger partial charge in [-0.1, -0.05) is 35.9 Å². The summed E-state index contributed by atoms with van der Waals surface area (Å²) in [5, 5.41) is 14.3. The Hall–Kier alpha value is -2.28. The highest BCUT2D eigenvalue weighted by molar-refractivity contribution is 7.58. The first-order valence-electron chi connectivity index (χ1n) is 6.93. The number of aryl methyl sites for hydroxylation is 1. The second kappa shape index (κ2) is 7.65. The molecule has 0 bridgehead atoms. The van der Waals surface area contributed by atoms with Crippen LogP contribution < -0.4 is 14.7 Å². The van der Waals surface area contributed by atoms with E-state index in [0.717, 1.165) is 5.56 Å². The van der Waals surface area contributed by atoms with Gasteiger partial charge in [-0.15, -0.1) is 0 Å². The quantitative estimate of drug-likeness (QED) is 0.594. The molecule has 114 valence electrons. The number of anilines is 1. The van der Waals surface area contributed by atoms with Gasteiger partial charge in [-0.25, -0.2) is 9.65 Å². The van der Waals surface area contributed by atoms with Gasteiger partial charge in [0.15, 0.2) is 0 Å². The van der Waals surface area contributed by atoms with Crippen LogP contribution in [0.3, 0.4) is 0 Å². The van der Waals surface area contributed by atoms with E-state index in [0.29, 0.717) is 11.4 Å². The molecule has 0 aliphatic rings. The summed E-state index contributed by atoms with van der Waals surface area (Å²) in [5.74, 6) is 0.495. The van der Waals surface area contributed by atoms with Crippen LogP contribution >= 0.6 is 7.67 Å². The fraction of sp³-hybridized carbons (Fsp3) is 0.188. The van der Waals surface area contributed by atoms with Crippen molar-refractivity contribution in [3.63, 3.8) is 0 Å². The third-order valence-electron chi connectivity index (χ3n) is 2.86. The normalized spacial score (nSPS) is 12.9. The van der Waals surface area contributed by atoms with Crippen LogP contribution in [0.5, 0.6) is 5.75 Å². The SMILES string of the molecule is Cc1ccc(NP(=O)(NCCC#N)Oc2ccccc2)cc1. The van der Waals surface area contributed by atoms with E-state index < -0.39 is 7.67 Å². The second-order valence-corrected chi connectivity index (χ2v) is 6.58. The molecule has 6 heteroatoms. The van der Waals surface area contributed by atoms with Crippen LogP contribution in [0, 0.1) is 18.3 Å². The van der Waals surface area contributed by atoms with E-state index in [1.165, 1.54) is 0 Å². The molecule has 0 radical (unpaired) electrons. The maximum Gasteiger partial charge on any atom is 0.417 e. The molecule has 0 aliphatic heterocycles. The average molecular weight is 315 g/mol. The number of hydrogen-bond donors (Lipinski definition) is 2. The molecule has 0 saturated heterocycles. The highest BCUT2D eigenvalue weighted by Crippen LogP contribution is 2.42. The van der Waals surface area contributed by atoms with Gasteiger partial charge in [-0.2, -0.15) is 5.26 Å². The van der Waals surface area contributed by atoms with E-state index in [1.807, 2.05) is 43.3 Å². The molecule has 1 unspecified atom stereocenters. The van der Waals surface area contributed by atoms with E-state index in [1.54, 1.807) is 24.3 Å². The number of nitrogens with zero attached hydrogens (tertiary/aromatic N) is 1. The van der Waals surface area contributed by atoms with Gasteiger partial charge in [0.1, 0.15) is 5.75 Å². The van der Waals surface area contributed by atoms with Crippen LogP contribution in [0.25, 0.3) is 0 Å². The summed E-state index contributed by atoms with van der Waals surface area (Å²) in [4.78, 5) is 0. The van der Waals surface area contributed by atoms with Gasteiger partial charge >= 0.3 is 7.67 Å². The van der Waals surface area contributed by atoms with Gasteiger partial charge < -0.3 is 4.52 Å². The number of para-hydroxylation sites is 1. The first-order chi connectivity index (χ1) is 10.6. The molecule has 0 aromatic heterocycles. The van der Waals surface area contributed by atoms with Gasteiger partial charge in [0.05, 0.1) is 6.07 Å². The van der Waals surface area contributed by atoms with Gasteiger partial charge in [-0.05, 0) is 31.2 Å². The third-order valence-corrected chi connectivity index (χ3v) is 4.52. The zero-order valence-electron chi connectivity index (χ0n) is 12.3. The Labute approximate surface area is 130 Å². The molecule has 0 fully saturated rings. The molecule has 1 atom stereocenters. The topological polar surface area (TPSA) is 74.2 Å². The monoisotopic (exact) mass is 315 g/mol. The highest BCUT2D eigenvalue weighted by Gasteiger charge is 2.24. The molecule has 5 nitrogen and oxygen atoms in total. The zero-order chi connectivity index (χ0) is 15.8. The van der Waals surface area contributed by atoms with E-state index in [-0.39, 0.29) is 13.0 Å². The summed E-state index contributed by atoms with van der Waals surface area (Å²) in [6.45, 7) is 2.26. The maximum atomic E-state index is 13.0. The number of hydrogen-bond acceptors (Lipinski definition) is 3. The van der Waals surface area contributed by atoms with Gasteiger partial charge in [0.2, 0.25) is 0 Å². The molecule has 0 aliphatic carbocycles. The summed E-state index contributed by atoms with van der Waals surface area (Å²) < 4.78 is 18.6. The summed E-state index contributed by atoms with van der Waals surface area (Å²) in [6.07, 6.45) is 0.248. The van der Waals surface area contributed by atoms with Crippen LogP contribution in [-0.4, -0.2) is 6.54 Å². The van der Waals surface area contributed by atoms with Crippen LogP contribution in [0.1, 0.15) is 12.0 Å². The average Bonchev–Trinajstić information content (AvgIpc) is 2.51. The van der Waals surface area contributed by atoms with Crippen molar-refractivity contribution in [3.8, 4) is 11.8 Å². The lowest BCUT2D eigenvalue weighted by Gasteiger charge is -2.21. The first kappa shape index (κ1) is 16.1. The van der Waals surface area contributed by atoms with Gasteiger partial charge in [-0.3, -0.25) is 5.09 Å². The smallest absolute Gasteiger partial charge is 0.417 e. The van der Waals surface area contributed by atoms with Crippen molar-refractivity contribution in [2.75, 3.05) is 11.6 Å². The van der Waals surface area contributed by atoms with Crippen molar-refractivity contribution in [2.45, 2.75) is 13.3 Å². The third kappa shape index (κ3) is 4.92. The number of nitriles is 1. The predicted octanol–water partition coefficient (Wildman–Crippen LogP) is 4.10. The predicted molar refractivity (Wildman–Crippen MR) is 87.7 cm³/mol. The van der Waals surface area contributed by atoms with Gasteiger partial charge in [0.25, 0.3) is 0 Å². The van der Waals surface area contributed by atoms with Crippen molar-refractivity contribution in [3.05, 3.63) is 60.2 Å². The van der Waals surface area contributed by atoms with Crippen molar-refractivity contribution in [1.82, 2.24) is 5.09 Å². The lowest BCUT2D eigenvalue weighted by Crippen LogP contribution is -2.21. The van der Waals surface area contributed by atoms with E-state index >= 15 is 0 Å². The lowest BCUT2D eigenvalue weighted by atomic mass is 10.2. The molecule has 2 aromatic rings. The molecule has 0 spiro atoms. The molecular weight excluding hydrogens is 297 g/mol. The minimum atomic E-state index is -3.36. The minimum absolute atomic E-state index is 0.248. The molecule has 2 aromatic carbocycles. The maximum absolute atomic E-state index is 13.0. The van der Waals surface area contributed by atoms with Crippen molar-refractivity contribution in [2.24, 2.45) is 0 Å². The van der Waals surface area contributed by atoms with Crippen LogP contribution in [0.4, 0.5) is 5.69 Å². The second-order valence-electron chi connectivity index (χ2n) is 4.75. The number of rotatable bonds is 7.